The molecule has 0 aliphatic carbocycles. The third kappa shape index (κ3) is 2.95. The van der Waals surface area contributed by atoms with E-state index in [2.05, 4.69) is 4.98 Å². The van der Waals surface area contributed by atoms with Crippen LogP contribution in [0.3, 0.4) is 0 Å². The molecule has 10 heteroatoms. The maximum absolute atomic E-state index is 12.7. The Kier molecular flexibility index (Phi) is 4.24. The van der Waals surface area contributed by atoms with Gasteiger partial charge >= 0.3 is 12.4 Å². The second kappa shape index (κ2) is 5.60. The van der Waals surface area contributed by atoms with Crippen LogP contribution in [0.5, 0.6) is 0 Å². The first-order valence-corrected chi connectivity index (χ1v) is 6.76. The Morgan fingerprint density at radius 3 is 1.91 bits per heavy atom. The largest absolute Gasteiger partial charge is 0.430 e. The van der Waals surface area contributed by atoms with Crippen molar-refractivity contribution in [3.63, 3.8) is 0 Å². The summed E-state index contributed by atoms with van der Waals surface area (Å²) in [6, 6.07) is 2.43. The zero-order valence-corrected chi connectivity index (χ0v) is 11.8. The molecule has 0 spiro atoms. The van der Waals surface area contributed by atoms with Gasteiger partial charge in [0.05, 0.1) is 10.4 Å². The zero-order valence-electron chi connectivity index (χ0n) is 10.9. The van der Waals surface area contributed by atoms with Gasteiger partial charge in [-0.1, -0.05) is 24.3 Å². The number of rotatable bonds is 3. The number of hydrogen-bond acceptors (Lipinski definition) is 4. The quantitative estimate of drug-likeness (QED) is 0.675. The van der Waals surface area contributed by atoms with E-state index in [-0.39, 0.29) is 10.4 Å². The van der Waals surface area contributed by atoms with Gasteiger partial charge in [0, 0.05) is 17.3 Å². The van der Waals surface area contributed by atoms with Crippen LogP contribution in [0.25, 0.3) is 0 Å². The van der Waals surface area contributed by atoms with Crippen LogP contribution >= 0.6 is 11.3 Å². The highest BCUT2D eigenvalue weighted by Gasteiger charge is 2.71. The fraction of sp³-hybridized carbons (Fsp3) is 0.231. The molecule has 0 saturated carbocycles. The maximum atomic E-state index is 12.7. The third-order valence-corrected chi connectivity index (χ3v) is 3.81. The monoisotopic (exact) mass is 355 g/mol. The molecule has 0 bridgehead atoms. The van der Waals surface area contributed by atoms with Gasteiger partial charge in [0.15, 0.2) is 0 Å². The summed E-state index contributed by atoms with van der Waals surface area (Å²) in [5, 5.41) is 9.23. The van der Waals surface area contributed by atoms with Crippen molar-refractivity contribution in [2.75, 3.05) is 0 Å². The minimum Gasteiger partial charge on any atom is -0.369 e. The second-order valence-corrected chi connectivity index (χ2v) is 5.36. The number of aromatic nitrogens is 1. The van der Waals surface area contributed by atoms with E-state index in [0.717, 1.165) is 23.5 Å². The van der Waals surface area contributed by atoms with Crippen molar-refractivity contribution in [3.05, 3.63) is 52.0 Å². The molecule has 2 rings (SSSR count). The summed E-state index contributed by atoms with van der Waals surface area (Å²) < 4.78 is 76.3. The Labute approximate surface area is 129 Å². The van der Waals surface area contributed by atoms with Crippen molar-refractivity contribution >= 4 is 17.1 Å². The van der Waals surface area contributed by atoms with Crippen LogP contribution in [-0.4, -0.2) is 28.2 Å². The first kappa shape index (κ1) is 17.4. The van der Waals surface area contributed by atoms with Crippen molar-refractivity contribution in [2.24, 2.45) is 0 Å². The van der Waals surface area contributed by atoms with Crippen LogP contribution in [-0.2, 0) is 5.60 Å². The van der Waals surface area contributed by atoms with Crippen LogP contribution in [0.4, 0.5) is 26.3 Å². The molecule has 3 nitrogen and oxygen atoms in total. The highest BCUT2D eigenvalue weighted by atomic mass is 32.1. The summed E-state index contributed by atoms with van der Waals surface area (Å²) in [7, 11) is 0. The lowest BCUT2D eigenvalue weighted by atomic mass is 9.91. The number of carbonyl (C=O) groups excluding carboxylic acids is 1. The number of ketones is 1. The van der Waals surface area contributed by atoms with Crippen LogP contribution in [0.2, 0.25) is 0 Å². The molecule has 1 heterocycles. The number of hydrogen-bond donors (Lipinski definition) is 1. The number of benzene rings is 1. The van der Waals surface area contributed by atoms with E-state index < -0.39 is 29.3 Å². The van der Waals surface area contributed by atoms with Gasteiger partial charge in [-0.15, -0.1) is 11.3 Å². The van der Waals surface area contributed by atoms with Crippen molar-refractivity contribution < 1.29 is 36.2 Å². The lowest BCUT2D eigenvalue weighted by molar-refractivity contribution is -0.376. The predicted molar refractivity (Wildman–Crippen MR) is 68.0 cm³/mol. The molecule has 0 saturated heterocycles. The molecule has 1 aromatic carbocycles. The van der Waals surface area contributed by atoms with E-state index in [1.54, 1.807) is 0 Å². The average molecular weight is 355 g/mol. The highest BCUT2D eigenvalue weighted by molar-refractivity contribution is 7.11. The van der Waals surface area contributed by atoms with Crippen molar-refractivity contribution in [1.82, 2.24) is 4.98 Å². The lowest BCUT2D eigenvalue weighted by Gasteiger charge is -2.32. The van der Waals surface area contributed by atoms with Gasteiger partial charge in [-0.2, -0.15) is 26.3 Å². The zero-order chi connectivity index (χ0) is 17.5. The fourth-order valence-corrected chi connectivity index (χ4v) is 2.40. The Bertz CT molecular complexity index is 677. The molecule has 1 aromatic heterocycles. The summed E-state index contributed by atoms with van der Waals surface area (Å²) in [5.41, 5.74) is -5.19. The van der Waals surface area contributed by atoms with E-state index in [1.165, 1.54) is 11.7 Å². The van der Waals surface area contributed by atoms with Crippen molar-refractivity contribution in [3.8, 4) is 0 Å². The summed E-state index contributed by atoms with van der Waals surface area (Å²) in [4.78, 5) is 15.8. The van der Waals surface area contributed by atoms with E-state index in [9.17, 15) is 36.2 Å². The fourth-order valence-electron chi connectivity index (χ4n) is 1.82. The number of halogens is 6. The SMILES string of the molecule is O=C(c1ccc(C(O)(C(F)(F)F)C(F)(F)F)cc1)c1cncs1. The Morgan fingerprint density at radius 2 is 1.52 bits per heavy atom. The van der Waals surface area contributed by atoms with E-state index in [4.69, 9.17) is 0 Å². The molecule has 0 aliphatic heterocycles. The third-order valence-electron chi connectivity index (χ3n) is 3.04. The molecule has 0 amide bonds. The molecule has 0 unspecified atom stereocenters. The van der Waals surface area contributed by atoms with Gasteiger partial charge in [0.25, 0.3) is 5.60 Å². The molecule has 23 heavy (non-hydrogen) atoms. The molecule has 0 radical (unpaired) electrons. The predicted octanol–water partition coefficient (Wildman–Crippen LogP) is 3.69. The van der Waals surface area contributed by atoms with Gasteiger partial charge in [0.2, 0.25) is 5.78 Å². The Balaban J connectivity index is 2.43. The Morgan fingerprint density at radius 1 is 1.00 bits per heavy atom. The molecule has 0 aliphatic rings. The van der Waals surface area contributed by atoms with Crippen LogP contribution < -0.4 is 0 Å². The minimum absolute atomic E-state index is 0.121. The number of carbonyl (C=O) groups is 1. The molecule has 124 valence electrons. The van der Waals surface area contributed by atoms with Gasteiger partial charge in [0.1, 0.15) is 0 Å². The van der Waals surface area contributed by atoms with Gasteiger partial charge in [-0.3, -0.25) is 9.78 Å². The first-order chi connectivity index (χ1) is 10.5. The first-order valence-electron chi connectivity index (χ1n) is 5.88. The number of alkyl halides is 6. The smallest absolute Gasteiger partial charge is 0.369 e. The maximum Gasteiger partial charge on any atom is 0.430 e. The van der Waals surface area contributed by atoms with Gasteiger partial charge in [-0.05, 0) is 0 Å². The van der Waals surface area contributed by atoms with E-state index >= 15 is 0 Å². The molecular weight excluding hydrogens is 348 g/mol. The summed E-state index contributed by atoms with van der Waals surface area (Å²) in [6.07, 6.45) is -10.7. The van der Waals surface area contributed by atoms with Crippen molar-refractivity contribution in [1.29, 1.82) is 0 Å². The van der Waals surface area contributed by atoms with E-state index in [0.29, 0.717) is 12.1 Å². The summed E-state index contributed by atoms with van der Waals surface area (Å²) in [5.74, 6) is -0.596. The number of thiazole rings is 1. The second-order valence-electron chi connectivity index (χ2n) is 4.48. The molecular formula is C13H7F6NO2S. The van der Waals surface area contributed by atoms with Crippen LogP contribution in [0.15, 0.2) is 36.0 Å². The minimum atomic E-state index is -5.96. The lowest BCUT2D eigenvalue weighted by Crippen LogP contribution is -2.53. The number of nitrogens with zero attached hydrogens (tertiary/aromatic N) is 1. The normalized spacial score (nSPS) is 13.2. The molecule has 0 fully saturated rings. The van der Waals surface area contributed by atoms with Gasteiger partial charge in [-0.25, -0.2) is 0 Å². The molecule has 0 atom stereocenters. The van der Waals surface area contributed by atoms with Crippen LogP contribution in [0, 0.1) is 0 Å². The highest BCUT2D eigenvalue weighted by Crippen LogP contribution is 2.49. The average Bonchev–Trinajstić information content (AvgIpc) is 2.97. The van der Waals surface area contributed by atoms with Gasteiger partial charge < -0.3 is 5.11 Å². The molecule has 2 aromatic rings. The van der Waals surface area contributed by atoms with Crippen molar-refractivity contribution in [2.45, 2.75) is 18.0 Å². The summed E-state index contributed by atoms with van der Waals surface area (Å²) in [6.45, 7) is 0. The van der Waals surface area contributed by atoms with E-state index in [1.807, 2.05) is 0 Å². The number of aliphatic hydroxyl groups is 1. The Hall–Kier alpha value is -1.94. The molecule has 1 N–H and O–H groups in total. The standard InChI is InChI=1S/C13H7F6NO2S/c14-12(15,16)11(22,13(17,18)19)8-3-1-7(2-4-8)10(21)9-5-20-6-23-9/h1-6,22H. The van der Waals surface area contributed by atoms with Crippen LogP contribution in [0.1, 0.15) is 20.8 Å². The summed E-state index contributed by atoms with van der Waals surface area (Å²) >= 11 is 0.974. The topological polar surface area (TPSA) is 50.2 Å².